The number of carbonyl (C=O) groups is 1. The van der Waals surface area contributed by atoms with Gasteiger partial charge in [0.1, 0.15) is 5.69 Å². The molecule has 1 N–H and O–H groups in total. The van der Waals surface area contributed by atoms with Crippen molar-refractivity contribution in [3.8, 4) is 0 Å². The molecule has 0 bridgehead atoms. The van der Waals surface area contributed by atoms with Crippen LogP contribution in [0.1, 0.15) is 30.8 Å². The topological polar surface area (TPSA) is 42.0 Å². The van der Waals surface area contributed by atoms with Crippen molar-refractivity contribution in [1.82, 2.24) is 10.3 Å². The van der Waals surface area contributed by atoms with Crippen molar-refractivity contribution >= 4 is 32.6 Å². The van der Waals surface area contributed by atoms with E-state index in [1.54, 1.807) is 6.20 Å². The van der Waals surface area contributed by atoms with Crippen LogP contribution in [0.3, 0.4) is 0 Å². The quantitative estimate of drug-likeness (QED) is 0.876. The number of fused-ring (bicyclic) bond motifs is 1. The third kappa shape index (κ3) is 3.32. The third-order valence-electron chi connectivity index (χ3n) is 3.06. The van der Waals surface area contributed by atoms with Crippen LogP contribution in [0.15, 0.2) is 36.5 Å². The lowest BCUT2D eigenvalue weighted by atomic mass is 10.0. The van der Waals surface area contributed by atoms with Crippen LogP contribution in [0.25, 0.3) is 10.8 Å². The molecule has 2 rings (SSSR count). The van der Waals surface area contributed by atoms with Crippen molar-refractivity contribution in [2.45, 2.75) is 25.8 Å². The minimum atomic E-state index is -0.251. The number of hydrogen-bond donors (Lipinski definition) is 1. The molecule has 0 unspecified atom stereocenters. The van der Waals surface area contributed by atoms with Gasteiger partial charge in [0.05, 0.1) is 0 Å². The summed E-state index contributed by atoms with van der Waals surface area (Å²) in [6.07, 6.45) is 2.54. The van der Waals surface area contributed by atoms with E-state index in [1.807, 2.05) is 44.2 Å². The Bertz CT molecular complexity index is 590. The predicted octanol–water partition coefficient (Wildman–Crippen LogP) is 3.53. The van der Waals surface area contributed by atoms with Gasteiger partial charge in [-0.15, -0.1) is 0 Å². The molecule has 0 fully saturated rings. The first-order valence-electron chi connectivity index (χ1n) is 6.26. The maximum absolute atomic E-state index is 12.4. The van der Waals surface area contributed by atoms with E-state index in [0.717, 1.165) is 22.5 Å². The lowest BCUT2D eigenvalue weighted by Gasteiger charge is -2.25. The third-order valence-corrected chi connectivity index (χ3v) is 3.46. The molecule has 0 spiro atoms. The van der Waals surface area contributed by atoms with Crippen LogP contribution >= 0.6 is 15.9 Å². The molecule has 1 heterocycles. The van der Waals surface area contributed by atoms with Crippen molar-refractivity contribution in [3.05, 3.63) is 42.2 Å². The second-order valence-electron chi connectivity index (χ2n) is 5.16. The number of carbonyl (C=O) groups excluding carboxylic acids is 1. The van der Waals surface area contributed by atoms with Crippen LogP contribution in [-0.4, -0.2) is 21.8 Å². The normalized spacial score (nSPS) is 11.5. The number of aromatic nitrogens is 1. The summed E-state index contributed by atoms with van der Waals surface area (Å²) in [4.78, 5) is 16.6. The van der Waals surface area contributed by atoms with E-state index in [2.05, 4.69) is 26.2 Å². The second-order valence-corrected chi connectivity index (χ2v) is 5.95. The SMILES string of the molecule is CC(C)(CCBr)NC(=O)c1nccc2ccccc12. The average Bonchev–Trinajstić information content (AvgIpc) is 2.37. The fourth-order valence-corrected chi connectivity index (χ4v) is 2.96. The highest BCUT2D eigenvalue weighted by atomic mass is 79.9. The van der Waals surface area contributed by atoms with Crippen LogP contribution in [0.2, 0.25) is 0 Å². The summed E-state index contributed by atoms with van der Waals surface area (Å²) in [5, 5.41) is 5.80. The van der Waals surface area contributed by atoms with E-state index in [4.69, 9.17) is 0 Å². The number of halogens is 1. The van der Waals surface area contributed by atoms with Crippen LogP contribution in [-0.2, 0) is 0 Å². The van der Waals surface area contributed by atoms with Crippen molar-refractivity contribution in [1.29, 1.82) is 0 Å². The van der Waals surface area contributed by atoms with E-state index in [0.29, 0.717) is 5.69 Å². The van der Waals surface area contributed by atoms with Gasteiger partial charge in [-0.1, -0.05) is 40.2 Å². The first-order valence-corrected chi connectivity index (χ1v) is 7.38. The van der Waals surface area contributed by atoms with Crippen LogP contribution < -0.4 is 5.32 Å². The van der Waals surface area contributed by atoms with Crippen LogP contribution in [0.4, 0.5) is 0 Å². The first-order chi connectivity index (χ1) is 9.03. The summed E-state index contributed by atoms with van der Waals surface area (Å²) in [6, 6.07) is 9.70. The first kappa shape index (κ1) is 14.0. The molecule has 0 aliphatic rings. The van der Waals surface area contributed by atoms with E-state index >= 15 is 0 Å². The Morgan fingerprint density at radius 3 is 2.79 bits per heavy atom. The monoisotopic (exact) mass is 320 g/mol. The molecule has 0 atom stereocenters. The summed E-state index contributed by atoms with van der Waals surface area (Å²) >= 11 is 3.40. The Balaban J connectivity index is 2.32. The molecule has 1 amide bonds. The lowest BCUT2D eigenvalue weighted by Crippen LogP contribution is -2.44. The van der Waals surface area contributed by atoms with Crippen LogP contribution in [0.5, 0.6) is 0 Å². The van der Waals surface area contributed by atoms with Gasteiger partial charge < -0.3 is 5.32 Å². The van der Waals surface area contributed by atoms with Gasteiger partial charge in [-0.3, -0.25) is 9.78 Å². The van der Waals surface area contributed by atoms with Crippen molar-refractivity contribution < 1.29 is 4.79 Å². The molecule has 2 aromatic rings. The molecule has 4 heteroatoms. The maximum atomic E-state index is 12.4. The minimum Gasteiger partial charge on any atom is -0.346 e. The number of amides is 1. The molecular weight excluding hydrogens is 304 g/mol. The molecule has 1 aromatic carbocycles. The molecule has 3 nitrogen and oxygen atoms in total. The standard InChI is InChI=1S/C15H17BrN2O/c1-15(2,8-9-16)18-14(19)13-12-6-4-3-5-11(12)7-10-17-13/h3-7,10H,8-9H2,1-2H3,(H,18,19). The van der Waals surface area contributed by atoms with Crippen LogP contribution in [0, 0.1) is 0 Å². The Kier molecular flexibility index (Phi) is 4.20. The lowest BCUT2D eigenvalue weighted by molar-refractivity contribution is 0.0908. The number of hydrogen-bond acceptors (Lipinski definition) is 2. The highest BCUT2D eigenvalue weighted by Gasteiger charge is 2.22. The molecule has 1 aromatic heterocycles. The van der Waals surface area contributed by atoms with Crippen molar-refractivity contribution in [2.75, 3.05) is 5.33 Å². The zero-order valence-electron chi connectivity index (χ0n) is 11.1. The van der Waals surface area contributed by atoms with E-state index in [9.17, 15) is 4.79 Å². The maximum Gasteiger partial charge on any atom is 0.270 e. The van der Waals surface area contributed by atoms with Gasteiger partial charge >= 0.3 is 0 Å². The number of nitrogens with zero attached hydrogens (tertiary/aromatic N) is 1. The Morgan fingerprint density at radius 1 is 1.32 bits per heavy atom. The molecule has 100 valence electrons. The van der Waals surface area contributed by atoms with Gasteiger partial charge in [-0.05, 0) is 31.7 Å². The fraction of sp³-hybridized carbons (Fsp3) is 0.333. The average molecular weight is 321 g/mol. The Morgan fingerprint density at radius 2 is 2.05 bits per heavy atom. The zero-order valence-corrected chi connectivity index (χ0v) is 12.7. The summed E-state index contributed by atoms with van der Waals surface area (Å²) in [7, 11) is 0. The molecule has 0 aliphatic carbocycles. The number of benzene rings is 1. The molecular formula is C15H17BrN2O. The number of alkyl halides is 1. The predicted molar refractivity (Wildman–Crippen MR) is 81.7 cm³/mol. The molecule has 0 radical (unpaired) electrons. The van der Waals surface area contributed by atoms with Crippen molar-refractivity contribution in [2.24, 2.45) is 0 Å². The summed E-state index contributed by atoms with van der Waals surface area (Å²) in [5.74, 6) is -0.122. The molecule has 19 heavy (non-hydrogen) atoms. The second kappa shape index (κ2) is 5.70. The van der Waals surface area contributed by atoms with E-state index < -0.39 is 0 Å². The van der Waals surface area contributed by atoms with Gasteiger partial charge in [-0.2, -0.15) is 0 Å². The smallest absolute Gasteiger partial charge is 0.270 e. The Labute approximate surface area is 121 Å². The van der Waals surface area contributed by atoms with Gasteiger partial charge in [0, 0.05) is 22.5 Å². The number of nitrogens with one attached hydrogen (secondary N) is 1. The zero-order chi connectivity index (χ0) is 13.9. The van der Waals surface area contributed by atoms with Gasteiger partial charge in [-0.25, -0.2) is 0 Å². The summed E-state index contributed by atoms with van der Waals surface area (Å²) in [5.41, 5.74) is 0.236. The van der Waals surface area contributed by atoms with Gasteiger partial charge in [0.2, 0.25) is 0 Å². The van der Waals surface area contributed by atoms with E-state index in [-0.39, 0.29) is 11.4 Å². The minimum absolute atomic E-state index is 0.122. The summed E-state index contributed by atoms with van der Waals surface area (Å²) in [6.45, 7) is 4.02. The largest absolute Gasteiger partial charge is 0.346 e. The number of pyridine rings is 1. The Hall–Kier alpha value is -1.42. The molecule has 0 saturated heterocycles. The fourth-order valence-electron chi connectivity index (χ4n) is 1.97. The highest BCUT2D eigenvalue weighted by Crippen LogP contribution is 2.18. The summed E-state index contributed by atoms with van der Waals surface area (Å²) < 4.78 is 0. The highest BCUT2D eigenvalue weighted by molar-refractivity contribution is 9.09. The van der Waals surface area contributed by atoms with E-state index in [1.165, 1.54) is 0 Å². The molecule has 0 saturated carbocycles. The molecule has 0 aliphatic heterocycles. The number of rotatable bonds is 4. The van der Waals surface area contributed by atoms with Crippen molar-refractivity contribution in [3.63, 3.8) is 0 Å². The van der Waals surface area contributed by atoms with Gasteiger partial charge in [0.25, 0.3) is 5.91 Å². The van der Waals surface area contributed by atoms with Gasteiger partial charge in [0.15, 0.2) is 0 Å².